The zero-order valence-corrected chi connectivity index (χ0v) is 11.8. The molecule has 1 aromatic rings. The Morgan fingerprint density at radius 1 is 1.40 bits per heavy atom. The average molecular weight is 275 g/mol. The van der Waals surface area contributed by atoms with Gasteiger partial charge >= 0.3 is 0 Å². The smallest absolute Gasteiger partial charge is 0.235 e. The molecule has 1 saturated carbocycles. The van der Waals surface area contributed by atoms with Crippen LogP contribution in [-0.2, 0) is 4.79 Å². The minimum absolute atomic E-state index is 0.0969. The predicted molar refractivity (Wildman–Crippen MR) is 77.5 cm³/mol. The third kappa shape index (κ3) is 3.10. The SMILES string of the molecule is CC(C)(NC(=O)C(/C(N)=N/O)c1ccccc1)C1CC1. The lowest BCUT2D eigenvalue weighted by molar-refractivity contribution is -0.123. The molecule has 1 aliphatic rings. The summed E-state index contributed by atoms with van der Waals surface area (Å²) < 4.78 is 0. The molecule has 5 heteroatoms. The van der Waals surface area contributed by atoms with E-state index in [1.54, 1.807) is 12.1 Å². The highest BCUT2D eigenvalue weighted by Gasteiger charge is 2.40. The number of carbonyl (C=O) groups excluding carboxylic acids is 1. The van der Waals surface area contributed by atoms with E-state index in [4.69, 9.17) is 10.9 Å². The van der Waals surface area contributed by atoms with Crippen molar-refractivity contribution in [1.82, 2.24) is 5.32 Å². The Morgan fingerprint density at radius 2 is 2.00 bits per heavy atom. The summed E-state index contributed by atoms with van der Waals surface area (Å²) in [7, 11) is 0. The van der Waals surface area contributed by atoms with E-state index in [2.05, 4.69) is 10.5 Å². The molecule has 2 rings (SSSR count). The molecular weight excluding hydrogens is 254 g/mol. The number of nitrogens with zero attached hydrogens (tertiary/aromatic N) is 1. The van der Waals surface area contributed by atoms with Crippen LogP contribution in [0.3, 0.4) is 0 Å². The van der Waals surface area contributed by atoms with Crippen molar-refractivity contribution in [2.24, 2.45) is 16.8 Å². The lowest BCUT2D eigenvalue weighted by Gasteiger charge is -2.28. The molecule has 0 spiro atoms. The zero-order valence-electron chi connectivity index (χ0n) is 11.8. The van der Waals surface area contributed by atoms with E-state index in [9.17, 15) is 4.79 Å². The van der Waals surface area contributed by atoms with Gasteiger partial charge in [-0.05, 0) is 38.2 Å². The van der Waals surface area contributed by atoms with Crippen molar-refractivity contribution in [3.05, 3.63) is 35.9 Å². The van der Waals surface area contributed by atoms with E-state index in [1.807, 2.05) is 32.0 Å². The number of benzene rings is 1. The molecule has 1 unspecified atom stereocenters. The number of amides is 1. The maximum Gasteiger partial charge on any atom is 0.235 e. The second-order valence-corrected chi connectivity index (χ2v) is 5.85. The topological polar surface area (TPSA) is 87.7 Å². The Kier molecular flexibility index (Phi) is 3.97. The molecule has 0 radical (unpaired) electrons. The van der Waals surface area contributed by atoms with Crippen molar-refractivity contribution in [1.29, 1.82) is 0 Å². The predicted octanol–water partition coefficient (Wildman–Crippen LogP) is 1.82. The largest absolute Gasteiger partial charge is 0.409 e. The molecule has 0 heterocycles. The van der Waals surface area contributed by atoms with E-state index in [1.165, 1.54) is 0 Å². The van der Waals surface area contributed by atoms with Crippen LogP contribution in [0.1, 0.15) is 38.2 Å². The van der Waals surface area contributed by atoms with Gasteiger partial charge in [0.05, 0.1) is 0 Å². The Bertz CT molecular complexity index is 507. The van der Waals surface area contributed by atoms with Gasteiger partial charge in [0.15, 0.2) is 5.84 Å². The molecule has 0 saturated heterocycles. The summed E-state index contributed by atoms with van der Waals surface area (Å²) in [6.45, 7) is 4.02. The molecule has 1 aliphatic carbocycles. The first kappa shape index (κ1) is 14.4. The number of hydrogen-bond acceptors (Lipinski definition) is 3. The van der Waals surface area contributed by atoms with Gasteiger partial charge in [-0.2, -0.15) is 0 Å². The molecule has 0 aliphatic heterocycles. The maximum absolute atomic E-state index is 12.5. The highest BCUT2D eigenvalue weighted by Crippen LogP contribution is 2.39. The molecular formula is C15H21N3O2. The van der Waals surface area contributed by atoms with Gasteiger partial charge in [-0.3, -0.25) is 4.79 Å². The van der Waals surface area contributed by atoms with Crippen LogP contribution in [0.15, 0.2) is 35.5 Å². The summed E-state index contributed by atoms with van der Waals surface area (Å²) in [6.07, 6.45) is 2.26. The van der Waals surface area contributed by atoms with Gasteiger partial charge in [0.2, 0.25) is 5.91 Å². The Labute approximate surface area is 118 Å². The molecule has 1 aromatic carbocycles. The lowest BCUT2D eigenvalue weighted by Crippen LogP contribution is -2.49. The van der Waals surface area contributed by atoms with Gasteiger partial charge in [-0.25, -0.2) is 0 Å². The molecule has 1 atom stereocenters. The fourth-order valence-corrected chi connectivity index (χ4v) is 2.46. The summed E-state index contributed by atoms with van der Waals surface area (Å²) in [4.78, 5) is 12.5. The normalized spacial score (nSPS) is 17.6. The molecule has 20 heavy (non-hydrogen) atoms. The zero-order chi connectivity index (χ0) is 14.8. The van der Waals surface area contributed by atoms with Gasteiger partial charge < -0.3 is 16.3 Å². The number of amidine groups is 1. The van der Waals surface area contributed by atoms with Crippen LogP contribution < -0.4 is 11.1 Å². The second-order valence-electron chi connectivity index (χ2n) is 5.85. The first-order valence-electron chi connectivity index (χ1n) is 6.80. The van der Waals surface area contributed by atoms with Gasteiger partial charge in [0.25, 0.3) is 0 Å². The monoisotopic (exact) mass is 275 g/mol. The maximum atomic E-state index is 12.5. The van der Waals surface area contributed by atoms with Crippen molar-refractivity contribution in [3.63, 3.8) is 0 Å². The summed E-state index contributed by atoms with van der Waals surface area (Å²) in [6, 6.07) is 9.11. The van der Waals surface area contributed by atoms with Gasteiger partial charge in [-0.15, -0.1) is 0 Å². The van der Waals surface area contributed by atoms with Gasteiger partial charge in [-0.1, -0.05) is 35.5 Å². The summed E-state index contributed by atoms with van der Waals surface area (Å²) in [5.41, 5.74) is 6.15. The average Bonchev–Trinajstić information content (AvgIpc) is 3.24. The Morgan fingerprint density at radius 3 is 2.50 bits per heavy atom. The minimum Gasteiger partial charge on any atom is -0.409 e. The molecule has 5 nitrogen and oxygen atoms in total. The molecule has 108 valence electrons. The molecule has 1 fully saturated rings. The van der Waals surface area contributed by atoms with Crippen LogP contribution in [0.25, 0.3) is 0 Å². The van der Waals surface area contributed by atoms with Crippen LogP contribution in [-0.4, -0.2) is 22.5 Å². The highest BCUT2D eigenvalue weighted by atomic mass is 16.4. The lowest BCUT2D eigenvalue weighted by atomic mass is 9.93. The quantitative estimate of drug-likeness (QED) is 0.331. The van der Waals surface area contributed by atoms with E-state index >= 15 is 0 Å². The van der Waals surface area contributed by atoms with Crippen molar-refractivity contribution < 1.29 is 10.0 Å². The van der Waals surface area contributed by atoms with Crippen LogP contribution in [0.2, 0.25) is 0 Å². The second kappa shape index (κ2) is 5.53. The summed E-state index contributed by atoms with van der Waals surface area (Å²) in [5.74, 6) is -0.585. The first-order chi connectivity index (χ1) is 9.45. The number of hydrogen-bond donors (Lipinski definition) is 3. The van der Waals surface area contributed by atoms with Crippen molar-refractivity contribution in [2.75, 3.05) is 0 Å². The number of nitrogens with one attached hydrogen (secondary N) is 1. The van der Waals surface area contributed by atoms with Crippen LogP contribution in [0.4, 0.5) is 0 Å². The standard InChI is InChI=1S/C15H21N3O2/c1-15(2,11-8-9-11)17-14(19)12(13(16)18-20)10-6-4-3-5-7-10/h3-7,11-12,20H,8-9H2,1-2H3,(H2,16,18)(H,17,19). The third-order valence-electron chi connectivity index (χ3n) is 3.85. The Hall–Kier alpha value is -2.04. The van der Waals surface area contributed by atoms with Crippen molar-refractivity contribution in [3.8, 4) is 0 Å². The number of rotatable bonds is 5. The first-order valence-corrected chi connectivity index (χ1v) is 6.80. The van der Waals surface area contributed by atoms with Gasteiger partial charge in [0, 0.05) is 5.54 Å². The molecule has 1 amide bonds. The fraction of sp³-hybridized carbons (Fsp3) is 0.467. The summed E-state index contributed by atoms with van der Waals surface area (Å²) >= 11 is 0. The molecule has 4 N–H and O–H groups in total. The van der Waals surface area contributed by atoms with Crippen LogP contribution in [0.5, 0.6) is 0 Å². The highest BCUT2D eigenvalue weighted by molar-refractivity contribution is 6.07. The summed E-state index contributed by atoms with van der Waals surface area (Å²) in [5, 5.41) is 14.9. The fourth-order valence-electron chi connectivity index (χ4n) is 2.46. The third-order valence-corrected chi connectivity index (χ3v) is 3.85. The van der Waals surface area contributed by atoms with Crippen LogP contribution >= 0.6 is 0 Å². The van der Waals surface area contributed by atoms with Crippen molar-refractivity contribution >= 4 is 11.7 Å². The van der Waals surface area contributed by atoms with E-state index in [0.717, 1.165) is 12.8 Å². The minimum atomic E-state index is -0.765. The number of carbonyl (C=O) groups is 1. The van der Waals surface area contributed by atoms with Crippen LogP contribution in [0, 0.1) is 5.92 Å². The molecule has 0 aromatic heterocycles. The Balaban J connectivity index is 2.21. The van der Waals surface area contributed by atoms with E-state index in [-0.39, 0.29) is 17.3 Å². The van der Waals surface area contributed by atoms with E-state index in [0.29, 0.717) is 11.5 Å². The molecule has 0 bridgehead atoms. The number of oxime groups is 1. The van der Waals surface area contributed by atoms with Crippen molar-refractivity contribution in [2.45, 2.75) is 38.1 Å². The van der Waals surface area contributed by atoms with Gasteiger partial charge in [0.1, 0.15) is 5.92 Å². The van der Waals surface area contributed by atoms with E-state index < -0.39 is 5.92 Å². The number of nitrogens with two attached hydrogens (primary N) is 1.